The third kappa shape index (κ3) is 4.58. The van der Waals surface area contributed by atoms with Crippen LogP contribution in [0.4, 0.5) is 5.69 Å². The lowest BCUT2D eigenvalue weighted by atomic mass is 9.97. The Bertz CT molecular complexity index is 1550. The van der Waals surface area contributed by atoms with E-state index >= 15 is 0 Å². The Hall–Kier alpha value is -4.11. The van der Waals surface area contributed by atoms with Crippen LogP contribution in [0.3, 0.4) is 0 Å². The highest BCUT2D eigenvalue weighted by molar-refractivity contribution is 7.15. The van der Waals surface area contributed by atoms with Crippen LogP contribution in [0.1, 0.15) is 52.6 Å². The summed E-state index contributed by atoms with van der Waals surface area (Å²) in [6.07, 6.45) is 0.0686. The molecular weight excluding hydrogens is 486 g/mol. The summed E-state index contributed by atoms with van der Waals surface area (Å²) in [7, 11) is 1.38. The zero-order valence-corrected chi connectivity index (χ0v) is 22.1. The predicted octanol–water partition coefficient (Wildman–Crippen LogP) is 5.33. The summed E-state index contributed by atoms with van der Waals surface area (Å²) in [5, 5.41) is 12.5. The molecule has 5 rings (SSSR count). The topological polar surface area (TPSA) is 98.5 Å². The molecule has 0 bridgehead atoms. The fourth-order valence-corrected chi connectivity index (χ4v) is 5.78. The Morgan fingerprint density at radius 1 is 1.03 bits per heavy atom. The lowest BCUT2D eigenvalue weighted by Gasteiger charge is -2.12. The maximum absolute atomic E-state index is 12.3. The summed E-state index contributed by atoms with van der Waals surface area (Å²) in [5.74, 6) is 0.917. The van der Waals surface area contributed by atoms with E-state index in [9.17, 15) is 9.59 Å². The zero-order valence-electron chi connectivity index (χ0n) is 21.3. The molecule has 0 radical (unpaired) electrons. The number of esters is 1. The van der Waals surface area contributed by atoms with Gasteiger partial charge in [-0.3, -0.25) is 19.1 Å². The van der Waals surface area contributed by atoms with Crippen molar-refractivity contribution in [3.63, 3.8) is 0 Å². The second kappa shape index (κ2) is 9.74. The Morgan fingerprint density at radius 3 is 2.46 bits per heavy atom. The maximum Gasteiger partial charge on any atom is 0.308 e. The molecule has 0 spiro atoms. The molecule has 0 saturated carbocycles. The van der Waals surface area contributed by atoms with Crippen molar-refractivity contribution in [3.05, 3.63) is 81.7 Å². The van der Waals surface area contributed by atoms with Crippen LogP contribution in [0.15, 0.2) is 53.5 Å². The van der Waals surface area contributed by atoms with Crippen LogP contribution in [0.25, 0.3) is 16.1 Å². The number of ether oxygens (including phenoxy) is 1. The number of nitrogens with one attached hydrogen (secondary N) is 1. The lowest BCUT2D eigenvalue weighted by Crippen LogP contribution is -2.12. The number of rotatable bonds is 5. The van der Waals surface area contributed by atoms with Gasteiger partial charge in [-0.25, -0.2) is 0 Å². The van der Waals surface area contributed by atoms with Crippen LogP contribution in [-0.2, 0) is 14.3 Å². The molecule has 188 valence electrons. The summed E-state index contributed by atoms with van der Waals surface area (Å²) in [5.41, 5.74) is 6.68. The van der Waals surface area contributed by atoms with E-state index < -0.39 is 6.04 Å². The number of aromatic nitrogens is 3. The SMILES string of the molecule is COC(=O)C[C@@H]1N=C(c2ccc(-c3cccc(NC(C)=O)c3)cc2)c2c(sc(C)c2C)-n2c(C)nnc21. The van der Waals surface area contributed by atoms with E-state index in [1.807, 2.05) is 60.0 Å². The zero-order chi connectivity index (χ0) is 26.3. The van der Waals surface area contributed by atoms with Crippen molar-refractivity contribution < 1.29 is 14.3 Å². The second-order valence-corrected chi connectivity index (χ2v) is 10.2. The number of aliphatic imine (C=N–C) groups is 1. The number of methoxy groups -OCH3 is 1. The summed E-state index contributed by atoms with van der Waals surface area (Å²) < 4.78 is 6.99. The number of hydrogen-bond acceptors (Lipinski definition) is 7. The smallest absolute Gasteiger partial charge is 0.308 e. The van der Waals surface area contributed by atoms with Gasteiger partial charge in [-0.2, -0.15) is 0 Å². The van der Waals surface area contributed by atoms with Gasteiger partial charge < -0.3 is 10.1 Å². The molecule has 2 aromatic heterocycles. The monoisotopic (exact) mass is 513 g/mol. The van der Waals surface area contributed by atoms with Crippen molar-refractivity contribution in [2.24, 2.45) is 4.99 Å². The van der Waals surface area contributed by atoms with Gasteiger partial charge >= 0.3 is 5.97 Å². The number of amides is 1. The van der Waals surface area contributed by atoms with Gasteiger partial charge in [0, 0.05) is 28.6 Å². The van der Waals surface area contributed by atoms with Crippen molar-refractivity contribution in [2.75, 3.05) is 12.4 Å². The van der Waals surface area contributed by atoms with Gasteiger partial charge in [0.05, 0.1) is 19.2 Å². The number of anilines is 1. The summed E-state index contributed by atoms with van der Waals surface area (Å²) in [6.45, 7) is 7.61. The Balaban J connectivity index is 1.62. The van der Waals surface area contributed by atoms with Crippen molar-refractivity contribution >= 4 is 34.6 Å². The van der Waals surface area contributed by atoms with E-state index in [4.69, 9.17) is 9.73 Å². The standard InChI is InChI=1S/C28H27N5O3S/c1-15-16(2)37-28-25(15)26(30-23(14-24(35)36-5)27-32-31-17(3)33(27)28)20-11-9-19(10-12-20)21-7-6-8-22(13-21)29-18(4)34/h6-13,23H,14H2,1-5H3,(H,29,34)/t23-/m0/s1. The fraction of sp³-hybridized carbons (Fsp3) is 0.250. The number of carbonyl (C=O) groups is 2. The minimum atomic E-state index is -0.531. The molecule has 0 unspecified atom stereocenters. The molecule has 4 aromatic rings. The molecule has 3 heterocycles. The van der Waals surface area contributed by atoms with Crippen LogP contribution in [0.2, 0.25) is 0 Å². The van der Waals surface area contributed by atoms with Crippen molar-refractivity contribution in [3.8, 4) is 16.1 Å². The number of carbonyl (C=O) groups excluding carboxylic acids is 2. The number of benzene rings is 2. The summed E-state index contributed by atoms with van der Waals surface area (Å²) in [4.78, 5) is 30.1. The van der Waals surface area contributed by atoms with Gasteiger partial charge in [0.1, 0.15) is 16.9 Å². The molecule has 0 saturated heterocycles. The van der Waals surface area contributed by atoms with Crippen LogP contribution in [0.5, 0.6) is 0 Å². The fourth-order valence-electron chi connectivity index (χ4n) is 4.57. The predicted molar refractivity (Wildman–Crippen MR) is 145 cm³/mol. The molecule has 1 N–H and O–H groups in total. The molecule has 2 aromatic carbocycles. The first kappa shape index (κ1) is 24.6. The number of aryl methyl sites for hydroxylation is 2. The van der Waals surface area contributed by atoms with Crippen LogP contribution < -0.4 is 5.32 Å². The van der Waals surface area contributed by atoms with E-state index in [0.717, 1.165) is 50.0 Å². The summed E-state index contributed by atoms with van der Waals surface area (Å²) >= 11 is 1.67. The van der Waals surface area contributed by atoms with E-state index in [-0.39, 0.29) is 18.3 Å². The average molecular weight is 514 g/mol. The molecule has 1 amide bonds. The first-order chi connectivity index (χ1) is 17.8. The van der Waals surface area contributed by atoms with Gasteiger partial charge in [-0.15, -0.1) is 21.5 Å². The molecule has 0 fully saturated rings. The van der Waals surface area contributed by atoms with Gasteiger partial charge in [0.2, 0.25) is 5.91 Å². The third-order valence-corrected chi connectivity index (χ3v) is 7.69. The van der Waals surface area contributed by atoms with Crippen molar-refractivity contribution in [2.45, 2.75) is 40.2 Å². The van der Waals surface area contributed by atoms with Crippen molar-refractivity contribution in [1.82, 2.24) is 14.8 Å². The molecular formula is C28H27N5O3S. The van der Waals surface area contributed by atoms with E-state index in [1.54, 1.807) is 11.3 Å². The Labute approximate surface area is 219 Å². The number of hydrogen-bond donors (Lipinski definition) is 1. The largest absolute Gasteiger partial charge is 0.469 e. The molecule has 37 heavy (non-hydrogen) atoms. The highest BCUT2D eigenvalue weighted by Crippen LogP contribution is 2.39. The molecule has 1 aliphatic heterocycles. The van der Waals surface area contributed by atoms with E-state index in [0.29, 0.717) is 5.82 Å². The highest BCUT2D eigenvalue weighted by Gasteiger charge is 2.32. The summed E-state index contributed by atoms with van der Waals surface area (Å²) in [6, 6.07) is 15.4. The number of thiophene rings is 1. The Kier molecular flexibility index (Phi) is 6.47. The third-order valence-electron chi connectivity index (χ3n) is 6.50. The second-order valence-electron chi connectivity index (χ2n) is 9.02. The van der Waals surface area contributed by atoms with Crippen LogP contribution in [0, 0.1) is 20.8 Å². The molecule has 1 aliphatic rings. The normalized spacial score (nSPS) is 14.3. The minimum Gasteiger partial charge on any atom is -0.469 e. The lowest BCUT2D eigenvalue weighted by molar-refractivity contribution is -0.141. The maximum atomic E-state index is 12.3. The van der Waals surface area contributed by atoms with Crippen LogP contribution in [-0.4, -0.2) is 39.5 Å². The minimum absolute atomic E-state index is 0.0686. The first-order valence-corrected chi connectivity index (χ1v) is 12.7. The quantitative estimate of drug-likeness (QED) is 0.364. The highest BCUT2D eigenvalue weighted by atomic mass is 32.1. The van der Waals surface area contributed by atoms with Gasteiger partial charge in [-0.05, 0) is 49.6 Å². The average Bonchev–Trinajstić information content (AvgIpc) is 3.35. The number of nitrogens with zero attached hydrogens (tertiary/aromatic N) is 4. The van der Waals surface area contributed by atoms with Gasteiger partial charge in [-0.1, -0.05) is 36.4 Å². The Morgan fingerprint density at radius 2 is 1.76 bits per heavy atom. The van der Waals surface area contributed by atoms with Crippen LogP contribution >= 0.6 is 11.3 Å². The molecule has 1 atom stereocenters. The van der Waals surface area contributed by atoms with E-state index in [1.165, 1.54) is 18.9 Å². The van der Waals surface area contributed by atoms with Crippen molar-refractivity contribution in [1.29, 1.82) is 0 Å². The number of fused-ring (bicyclic) bond motifs is 3. The van der Waals surface area contributed by atoms with Gasteiger partial charge in [0.25, 0.3) is 0 Å². The van der Waals surface area contributed by atoms with E-state index in [2.05, 4.69) is 29.4 Å². The molecule has 8 nitrogen and oxygen atoms in total. The molecule has 0 aliphatic carbocycles. The molecule has 9 heteroatoms. The van der Waals surface area contributed by atoms with Gasteiger partial charge in [0.15, 0.2) is 5.82 Å². The first-order valence-electron chi connectivity index (χ1n) is 11.9.